The molecular weight excluding hydrogens is 236 g/mol. The van der Waals surface area contributed by atoms with E-state index in [1.807, 2.05) is 55.5 Å². The Morgan fingerprint density at radius 1 is 1.11 bits per heavy atom. The first-order valence-corrected chi connectivity index (χ1v) is 6.12. The number of hydrogen-bond donors (Lipinski definition) is 0. The molecule has 0 saturated heterocycles. The molecule has 0 heterocycles. The SMILES string of the molecule is COc1cccc(/C=C/C(=O)c2cccc(C)c2)c1. The Labute approximate surface area is 113 Å². The fourth-order valence-corrected chi connectivity index (χ4v) is 1.81. The topological polar surface area (TPSA) is 26.3 Å². The minimum atomic E-state index is 0.00604. The highest BCUT2D eigenvalue weighted by Gasteiger charge is 2.01. The summed E-state index contributed by atoms with van der Waals surface area (Å²) in [6, 6.07) is 15.2. The van der Waals surface area contributed by atoms with E-state index in [4.69, 9.17) is 4.74 Å². The van der Waals surface area contributed by atoms with Crippen LogP contribution >= 0.6 is 0 Å². The first-order chi connectivity index (χ1) is 9.19. The summed E-state index contributed by atoms with van der Waals surface area (Å²) in [4.78, 5) is 12.0. The number of methoxy groups -OCH3 is 1. The normalized spacial score (nSPS) is 10.6. The van der Waals surface area contributed by atoms with Crippen molar-refractivity contribution < 1.29 is 9.53 Å². The van der Waals surface area contributed by atoms with E-state index in [0.717, 1.165) is 16.9 Å². The summed E-state index contributed by atoms with van der Waals surface area (Å²) < 4.78 is 5.14. The van der Waals surface area contributed by atoms with Gasteiger partial charge in [-0.25, -0.2) is 0 Å². The fraction of sp³-hybridized carbons (Fsp3) is 0.118. The molecule has 2 rings (SSSR count). The molecule has 2 heteroatoms. The summed E-state index contributed by atoms with van der Waals surface area (Å²) in [7, 11) is 1.63. The van der Waals surface area contributed by atoms with Crippen LogP contribution in [-0.4, -0.2) is 12.9 Å². The van der Waals surface area contributed by atoms with Gasteiger partial charge in [-0.05, 0) is 36.8 Å². The molecule has 0 unspecified atom stereocenters. The molecule has 2 aromatic carbocycles. The van der Waals surface area contributed by atoms with Crippen molar-refractivity contribution in [3.63, 3.8) is 0 Å². The van der Waals surface area contributed by atoms with E-state index in [2.05, 4.69) is 0 Å². The minimum Gasteiger partial charge on any atom is -0.497 e. The molecule has 0 fully saturated rings. The number of carbonyl (C=O) groups excluding carboxylic acids is 1. The van der Waals surface area contributed by atoms with Crippen molar-refractivity contribution in [3.8, 4) is 5.75 Å². The molecule has 0 amide bonds. The van der Waals surface area contributed by atoms with Gasteiger partial charge in [-0.1, -0.05) is 42.0 Å². The van der Waals surface area contributed by atoms with Gasteiger partial charge in [0, 0.05) is 5.56 Å². The third-order valence-electron chi connectivity index (χ3n) is 2.82. The maximum atomic E-state index is 12.0. The van der Waals surface area contributed by atoms with E-state index in [1.165, 1.54) is 0 Å². The second kappa shape index (κ2) is 6.01. The van der Waals surface area contributed by atoms with Gasteiger partial charge in [-0.3, -0.25) is 4.79 Å². The van der Waals surface area contributed by atoms with Crippen molar-refractivity contribution >= 4 is 11.9 Å². The molecule has 0 aliphatic rings. The van der Waals surface area contributed by atoms with Gasteiger partial charge in [0.05, 0.1) is 7.11 Å². The molecule has 0 saturated carbocycles. The van der Waals surface area contributed by atoms with Crippen molar-refractivity contribution in [3.05, 3.63) is 71.3 Å². The number of ketones is 1. The number of allylic oxidation sites excluding steroid dienone is 1. The van der Waals surface area contributed by atoms with E-state index in [0.29, 0.717) is 5.56 Å². The molecule has 0 aliphatic carbocycles. The van der Waals surface area contributed by atoms with E-state index < -0.39 is 0 Å². The predicted octanol–water partition coefficient (Wildman–Crippen LogP) is 3.90. The molecule has 0 bridgehead atoms. The summed E-state index contributed by atoms with van der Waals surface area (Å²) in [5.74, 6) is 0.789. The van der Waals surface area contributed by atoms with Crippen LogP contribution < -0.4 is 4.74 Å². The maximum Gasteiger partial charge on any atom is 0.185 e. The van der Waals surface area contributed by atoms with Crippen LogP contribution in [-0.2, 0) is 0 Å². The third-order valence-corrected chi connectivity index (χ3v) is 2.82. The quantitative estimate of drug-likeness (QED) is 0.609. The second-order valence-electron chi connectivity index (χ2n) is 4.34. The number of aryl methyl sites for hydroxylation is 1. The van der Waals surface area contributed by atoms with Crippen molar-refractivity contribution in [2.45, 2.75) is 6.92 Å². The van der Waals surface area contributed by atoms with Gasteiger partial charge in [0.1, 0.15) is 5.75 Å². The highest BCUT2D eigenvalue weighted by molar-refractivity contribution is 6.06. The van der Waals surface area contributed by atoms with Crippen LogP contribution in [0.4, 0.5) is 0 Å². The van der Waals surface area contributed by atoms with Gasteiger partial charge in [-0.15, -0.1) is 0 Å². The van der Waals surface area contributed by atoms with E-state index >= 15 is 0 Å². The van der Waals surface area contributed by atoms with Gasteiger partial charge in [-0.2, -0.15) is 0 Å². The number of carbonyl (C=O) groups is 1. The predicted molar refractivity (Wildman–Crippen MR) is 77.5 cm³/mol. The lowest BCUT2D eigenvalue weighted by Gasteiger charge is -2.00. The zero-order valence-corrected chi connectivity index (χ0v) is 11.1. The van der Waals surface area contributed by atoms with Gasteiger partial charge in [0.25, 0.3) is 0 Å². The average molecular weight is 252 g/mol. The summed E-state index contributed by atoms with van der Waals surface area (Å²) >= 11 is 0. The second-order valence-corrected chi connectivity index (χ2v) is 4.34. The minimum absolute atomic E-state index is 0.00604. The van der Waals surface area contributed by atoms with Crippen LogP contribution in [0.3, 0.4) is 0 Å². The Balaban J connectivity index is 2.16. The Hall–Kier alpha value is -2.35. The van der Waals surface area contributed by atoms with E-state index in [1.54, 1.807) is 19.3 Å². The molecule has 0 N–H and O–H groups in total. The maximum absolute atomic E-state index is 12.0. The van der Waals surface area contributed by atoms with Crippen LogP contribution in [0.1, 0.15) is 21.5 Å². The Morgan fingerprint density at radius 3 is 2.63 bits per heavy atom. The van der Waals surface area contributed by atoms with Crippen LogP contribution in [0.25, 0.3) is 6.08 Å². The largest absolute Gasteiger partial charge is 0.497 e. The van der Waals surface area contributed by atoms with Gasteiger partial charge >= 0.3 is 0 Å². The molecule has 0 aliphatic heterocycles. The molecule has 2 nitrogen and oxygen atoms in total. The van der Waals surface area contributed by atoms with Gasteiger partial charge in [0.15, 0.2) is 5.78 Å². The molecule has 0 spiro atoms. The molecular formula is C17H16O2. The number of ether oxygens (including phenoxy) is 1. The molecule has 0 radical (unpaired) electrons. The molecule has 96 valence electrons. The monoisotopic (exact) mass is 252 g/mol. The van der Waals surface area contributed by atoms with Crippen LogP contribution in [0.5, 0.6) is 5.75 Å². The van der Waals surface area contributed by atoms with Crippen LogP contribution in [0.15, 0.2) is 54.6 Å². The Kier molecular flexibility index (Phi) is 4.14. The fourth-order valence-electron chi connectivity index (χ4n) is 1.81. The zero-order chi connectivity index (χ0) is 13.7. The smallest absolute Gasteiger partial charge is 0.185 e. The molecule has 2 aromatic rings. The van der Waals surface area contributed by atoms with Crippen molar-refractivity contribution in [2.24, 2.45) is 0 Å². The lowest BCUT2D eigenvalue weighted by atomic mass is 10.1. The molecule has 0 atom stereocenters. The first kappa shape index (κ1) is 13.1. The van der Waals surface area contributed by atoms with Gasteiger partial charge in [0.2, 0.25) is 0 Å². The van der Waals surface area contributed by atoms with E-state index in [9.17, 15) is 4.79 Å². The standard InChI is InChI=1S/C17H16O2/c1-13-5-3-7-15(11-13)17(18)10-9-14-6-4-8-16(12-14)19-2/h3-12H,1-2H3/b10-9+. The average Bonchev–Trinajstić information content (AvgIpc) is 2.45. The highest BCUT2D eigenvalue weighted by atomic mass is 16.5. The van der Waals surface area contributed by atoms with Crippen molar-refractivity contribution in [2.75, 3.05) is 7.11 Å². The van der Waals surface area contributed by atoms with Crippen molar-refractivity contribution in [1.29, 1.82) is 0 Å². The summed E-state index contributed by atoms with van der Waals surface area (Å²) in [6.07, 6.45) is 3.39. The lowest BCUT2D eigenvalue weighted by Crippen LogP contribution is -1.94. The highest BCUT2D eigenvalue weighted by Crippen LogP contribution is 2.14. The number of benzene rings is 2. The van der Waals surface area contributed by atoms with E-state index in [-0.39, 0.29) is 5.78 Å². The molecule has 0 aromatic heterocycles. The molecule has 19 heavy (non-hydrogen) atoms. The number of rotatable bonds is 4. The van der Waals surface area contributed by atoms with Crippen LogP contribution in [0, 0.1) is 6.92 Å². The lowest BCUT2D eigenvalue weighted by molar-refractivity contribution is 0.104. The van der Waals surface area contributed by atoms with Gasteiger partial charge < -0.3 is 4.74 Å². The van der Waals surface area contributed by atoms with Crippen molar-refractivity contribution in [1.82, 2.24) is 0 Å². The summed E-state index contributed by atoms with van der Waals surface area (Å²) in [6.45, 7) is 1.97. The zero-order valence-electron chi connectivity index (χ0n) is 11.1. The Bertz CT molecular complexity index is 612. The van der Waals surface area contributed by atoms with Crippen LogP contribution in [0.2, 0.25) is 0 Å². The number of hydrogen-bond acceptors (Lipinski definition) is 2. The first-order valence-electron chi connectivity index (χ1n) is 6.12. The summed E-state index contributed by atoms with van der Waals surface area (Å²) in [5.41, 5.74) is 2.74. The summed E-state index contributed by atoms with van der Waals surface area (Å²) in [5, 5.41) is 0. The third kappa shape index (κ3) is 3.55. The Morgan fingerprint density at radius 2 is 1.89 bits per heavy atom.